The molecule has 0 aliphatic carbocycles. The third kappa shape index (κ3) is 4.66. The van der Waals surface area contributed by atoms with Gasteiger partial charge in [0.2, 0.25) is 0 Å². The van der Waals surface area contributed by atoms with Gasteiger partial charge in [0.05, 0.1) is 0 Å². The van der Waals surface area contributed by atoms with Crippen molar-refractivity contribution in [1.82, 2.24) is 15.0 Å². The number of para-hydroxylation sites is 1. The highest BCUT2D eigenvalue weighted by Crippen LogP contribution is 2.41. The lowest BCUT2D eigenvalue weighted by molar-refractivity contribution is 0.668. The van der Waals surface area contributed by atoms with Crippen LogP contribution in [0.4, 0.5) is 0 Å². The number of fused-ring (bicyclic) bond motifs is 11. The molecule has 0 fully saturated rings. The molecule has 262 valence electrons. The third-order valence-electron chi connectivity index (χ3n) is 11.0. The van der Waals surface area contributed by atoms with Gasteiger partial charge in [0, 0.05) is 54.4 Å². The molecule has 0 atom stereocenters. The van der Waals surface area contributed by atoms with Crippen LogP contribution in [-0.2, 0) is 0 Å². The first-order valence-corrected chi connectivity index (χ1v) is 18.7. The van der Waals surface area contributed by atoms with E-state index in [4.69, 9.17) is 28.2 Å². The number of rotatable bonds is 4. The molecule has 0 spiro atoms. The van der Waals surface area contributed by atoms with Gasteiger partial charge >= 0.3 is 0 Å². The lowest BCUT2D eigenvalue weighted by atomic mass is 10.0. The number of benzene rings is 8. The first-order chi connectivity index (χ1) is 27.6. The summed E-state index contributed by atoms with van der Waals surface area (Å²) in [5.41, 5.74) is 10.9. The van der Waals surface area contributed by atoms with Crippen molar-refractivity contribution < 1.29 is 13.3 Å². The van der Waals surface area contributed by atoms with Crippen LogP contribution in [-0.4, -0.2) is 15.0 Å². The molecule has 0 bridgehead atoms. The van der Waals surface area contributed by atoms with E-state index >= 15 is 0 Å². The zero-order chi connectivity index (χ0) is 36.9. The van der Waals surface area contributed by atoms with E-state index in [1.54, 1.807) is 0 Å². The van der Waals surface area contributed by atoms with E-state index in [1.165, 1.54) is 5.56 Å². The van der Waals surface area contributed by atoms with Crippen LogP contribution in [0.5, 0.6) is 0 Å². The van der Waals surface area contributed by atoms with Crippen LogP contribution >= 0.6 is 0 Å². The van der Waals surface area contributed by atoms with Crippen molar-refractivity contribution in [2.75, 3.05) is 0 Å². The number of aromatic nitrogens is 3. The Labute approximate surface area is 319 Å². The second-order valence-corrected chi connectivity index (χ2v) is 14.4. The van der Waals surface area contributed by atoms with Gasteiger partial charge in [-0.2, -0.15) is 0 Å². The maximum atomic E-state index is 6.51. The fraction of sp³-hybridized carbons (Fsp3) is 0.0200. The van der Waals surface area contributed by atoms with E-state index in [2.05, 4.69) is 97.9 Å². The minimum atomic E-state index is 0.548. The smallest absolute Gasteiger partial charge is 0.164 e. The highest BCUT2D eigenvalue weighted by Gasteiger charge is 2.21. The van der Waals surface area contributed by atoms with Crippen molar-refractivity contribution in [3.8, 4) is 45.3 Å². The molecule has 8 aromatic carbocycles. The van der Waals surface area contributed by atoms with E-state index < -0.39 is 0 Å². The molecule has 12 aromatic rings. The Balaban J connectivity index is 1.12. The molecule has 0 saturated heterocycles. The summed E-state index contributed by atoms with van der Waals surface area (Å²) in [5, 5.41) is 8.21. The summed E-state index contributed by atoms with van der Waals surface area (Å²) in [6.07, 6.45) is 0. The molecule has 6 nitrogen and oxygen atoms in total. The normalized spacial score (nSPS) is 12.0. The molecule has 0 radical (unpaired) electrons. The lowest BCUT2D eigenvalue weighted by Crippen LogP contribution is -2.00. The number of nitrogens with zero attached hydrogens (tertiary/aromatic N) is 3. The fourth-order valence-electron chi connectivity index (χ4n) is 8.35. The molecule has 6 heteroatoms. The molecule has 0 saturated carbocycles. The standard InChI is InChI=1S/C50H29N3O3/c1-28-17-21-33-31(25-28)18-22-34-38-27-32(20-24-41(38)56-47(33)34)48-51-49(36-12-7-15-43-45(36)35-11-5-6-14-40(35)54-43)53-50(52-48)37-13-8-16-44-46(37)39-26-30(19-23-42(39)55-44)29-9-3-2-4-10-29/h2-27H,1H3. The minimum absolute atomic E-state index is 0.548. The topological polar surface area (TPSA) is 78.1 Å². The molecule has 0 aliphatic rings. The van der Waals surface area contributed by atoms with Gasteiger partial charge < -0.3 is 13.3 Å². The van der Waals surface area contributed by atoms with Crippen LogP contribution in [0, 0.1) is 6.92 Å². The van der Waals surface area contributed by atoms with Gasteiger partial charge in [-0.25, -0.2) is 15.0 Å². The summed E-state index contributed by atoms with van der Waals surface area (Å²) in [6.45, 7) is 2.11. The Kier molecular flexibility index (Phi) is 6.45. The zero-order valence-corrected chi connectivity index (χ0v) is 30.1. The minimum Gasteiger partial charge on any atom is -0.456 e. The Bertz CT molecular complexity index is 3560. The molecule has 0 unspecified atom stereocenters. The van der Waals surface area contributed by atoms with Crippen LogP contribution < -0.4 is 0 Å². The van der Waals surface area contributed by atoms with Crippen LogP contribution in [0.15, 0.2) is 171 Å². The average Bonchev–Trinajstić information content (AvgIpc) is 3.94. The van der Waals surface area contributed by atoms with Crippen LogP contribution in [0.3, 0.4) is 0 Å². The molecule has 4 aromatic heterocycles. The predicted molar refractivity (Wildman–Crippen MR) is 226 cm³/mol. The molecular formula is C50H29N3O3. The maximum Gasteiger partial charge on any atom is 0.164 e. The number of hydrogen-bond donors (Lipinski definition) is 0. The van der Waals surface area contributed by atoms with E-state index in [9.17, 15) is 0 Å². The predicted octanol–water partition coefficient (Wildman–Crippen LogP) is 13.7. The number of hydrogen-bond acceptors (Lipinski definition) is 6. The van der Waals surface area contributed by atoms with E-state index in [0.717, 1.165) is 104 Å². The maximum absolute atomic E-state index is 6.51. The largest absolute Gasteiger partial charge is 0.456 e. The van der Waals surface area contributed by atoms with Crippen molar-refractivity contribution in [2.24, 2.45) is 0 Å². The summed E-state index contributed by atoms with van der Waals surface area (Å²) < 4.78 is 19.3. The summed E-state index contributed by atoms with van der Waals surface area (Å²) in [7, 11) is 0. The molecule has 4 heterocycles. The van der Waals surface area contributed by atoms with Gasteiger partial charge in [-0.05, 0) is 78.0 Å². The average molecular weight is 720 g/mol. The third-order valence-corrected chi connectivity index (χ3v) is 11.0. The second-order valence-electron chi connectivity index (χ2n) is 14.4. The van der Waals surface area contributed by atoms with Gasteiger partial charge in [0.15, 0.2) is 17.5 Å². The molecule has 56 heavy (non-hydrogen) atoms. The Morgan fingerprint density at radius 3 is 1.75 bits per heavy atom. The molecular weight excluding hydrogens is 691 g/mol. The van der Waals surface area contributed by atoms with Crippen molar-refractivity contribution in [1.29, 1.82) is 0 Å². The van der Waals surface area contributed by atoms with E-state index in [1.807, 2.05) is 66.7 Å². The summed E-state index contributed by atoms with van der Waals surface area (Å²) in [6, 6.07) is 53.9. The molecule has 12 rings (SSSR count). The summed E-state index contributed by atoms with van der Waals surface area (Å²) >= 11 is 0. The number of furan rings is 3. The van der Waals surface area contributed by atoms with Crippen molar-refractivity contribution in [3.63, 3.8) is 0 Å². The quantitative estimate of drug-likeness (QED) is 0.180. The van der Waals surface area contributed by atoms with Gasteiger partial charge in [-0.3, -0.25) is 0 Å². The van der Waals surface area contributed by atoms with Gasteiger partial charge in [-0.15, -0.1) is 0 Å². The lowest BCUT2D eigenvalue weighted by Gasteiger charge is -2.10. The number of aryl methyl sites for hydroxylation is 1. The molecule has 0 aliphatic heterocycles. The van der Waals surface area contributed by atoms with Crippen LogP contribution in [0.2, 0.25) is 0 Å². The van der Waals surface area contributed by atoms with Crippen LogP contribution in [0.25, 0.3) is 122 Å². The highest BCUT2D eigenvalue weighted by molar-refractivity contribution is 6.16. The summed E-state index contributed by atoms with van der Waals surface area (Å²) in [5.74, 6) is 1.65. The van der Waals surface area contributed by atoms with Crippen molar-refractivity contribution >= 4 is 76.6 Å². The van der Waals surface area contributed by atoms with Gasteiger partial charge in [-0.1, -0.05) is 109 Å². The zero-order valence-electron chi connectivity index (χ0n) is 30.1. The van der Waals surface area contributed by atoms with E-state index in [-0.39, 0.29) is 0 Å². The first kappa shape index (κ1) is 30.8. The van der Waals surface area contributed by atoms with E-state index in [0.29, 0.717) is 17.5 Å². The second kappa shape index (κ2) is 11.7. The fourth-order valence-corrected chi connectivity index (χ4v) is 8.35. The van der Waals surface area contributed by atoms with Gasteiger partial charge in [0.1, 0.15) is 33.5 Å². The molecule has 0 N–H and O–H groups in total. The molecule has 0 amide bonds. The van der Waals surface area contributed by atoms with Crippen LogP contribution in [0.1, 0.15) is 5.56 Å². The van der Waals surface area contributed by atoms with Crippen molar-refractivity contribution in [2.45, 2.75) is 6.92 Å². The Morgan fingerprint density at radius 2 is 0.964 bits per heavy atom. The Hall–Kier alpha value is -7.57. The highest BCUT2D eigenvalue weighted by atomic mass is 16.3. The van der Waals surface area contributed by atoms with Crippen molar-refractivity contribution in [3.05, 3.63) is 163 Å². The SMILES string of the molecule is Cc1ccc2c(ccc3c4cc(-c5nc(-c6cccc7oc8ccccc8c67)nc(-c6cccc7oc8ccc(-c9ccccc9)cc8c67)n5)ccc4oc23)c1. The summed E-state index contributed by atoms with van der Waals surface area (Å²) in [4.78, 5) is 15.8. The monoisotopic (exact) mass is 719 g/mol. The Morgan fingerprint density at radius 1 is 0.357 bits per heavy atom. The first-order valence-electron chi connectivity index (χ1n) is 18.7. The van der Waals surface area contributed by atoms with Gasteiger partial charge in [0.25, 0.3) is 0 Å².